The second kappa shape index (κ2) is 5.23. The zero-order chi connectivity index (χ0) is 13.1. The van der Waals surface area contributed by atoms with Gasteiger partial charge in [0, 0.05) is 18.2 Å². The van der Waals surface area contributed by atoms with Gasteiger partial charge in [-0.3, -0.25) is 9.78 Å². The lowest BCUT2D eigenvalue weighted by Crippen LogP contribution is -2.09. The number of Topliss-reactive ketones (excluding diaryl/α,β-unsaturated/α-hetero) is 1. The molecule has 0 aliphatic heterocycles. The number of benzene rings is 1. The maximum atomic E-state index is 13.4. The van der Waals surface area contributed by atoms with E-state index in [4.69, 9.17) is 11.6 Å². The molecule has 0 N–H and O–H groups in total. The van der Waals surface area contributed by atoms with E-state index in [1.54, 1.807) is 6.07 Å². The van der Waals surface area contributed by atoms with Crippen LogP contribution in [0.2, 0.25) is 5.02 Å². The fraction of sp³-hybridized carbons (Fsp3) is 0.0769. The smallest absolute Gasteiger partial charge is 0.187 e. The number of pyridine rings is 1. The standard InChI is InChI=1S/C13H8ClF2NO/c14-9-3-2-6-17-13(9)12(18)7-8-10(15)4-1-5-11(8)16/h1-6H,7H2. The Labute approximate surface area is 107 Å². The number of halogens is 3. The van der Waals surface area contributed by atoms with Gasteiger partial charge in [-0.25, -0.2) is 8.78 Å². The van der Waals surface area contributed by atoms with Gasteiger partial charge in [-0.2, -0.15) is 0 Å². The zero-order valence-electron chi connectivity index (χ0n) is 9.16. The van der Waals surface area contributed by atoms with E-state index in [-0.39, 0.29) is 16.3 Å². The lowest BCUT2D eigenvalue weighted by molar-refractivity contribution is 0.0986. The van der Waals surface area contributed by atoms with Crippen molar-refractivity contribution in [3.05, 3.63) is 64.4 Å². The summed E-state index contributed by atoms with van der Waals surface area (Å²) in [5.74, 6) is -2.03. The Morgan fingerprint density at radius 2 is 1.83 bits per heavy atom. The summed E-state index contributed by atoms with van der Waals surface area (Å²) in [4.78, 5) is 15.7. The maximum absolute atomic E-state index is 13.4. The molecule has 0 aliphatic rings. The lowest BCUT2D eigenvalue weighted by Gasteiger charge is -2.05. The number of carbonyl (C=O) groups excluding carboxylic acids is 1. The molecule has 1 aromatic carbocycles. The van der Waals surface area contributed by atoms with E-state index in [9.17, 15) is 13.6 Å². The van der Waals surface area contributed by atoms with E-state index >= 15 is 0 Å². The van der Waals surface area contributed by atoms with Gasteiger partial charge in [0.05, 0.1) is 5.02 Å². The molecular formula is C13H8ClF2NO. The topological polar surface area (TPSA) is 30.0 Å². The Bertz CT molecular complexity index is 581. The minimum atomic E-state index is -0.754. The molecule has 0 radical (unpaired) electrons. The van der Waals surface area contributed by atoms with Crippen LogP contribution in [0.25, 0.3) is 0 Å². The van der Waals surface area contributed by atoms with Crippen LogP contribution < -0.4 is 0 Å². The molecular weight excluding hydrogens is 260 g/mol. The summed E-state index contributed by atoms with van der Waals surface area (Å²) >= 11 is 5.79. The number of rotatable bonds is 3. The molecule has 0 bridgehead atoms. The molecule has 5 heteroatoms. The first-order chi connectivity index (χ1) is 8.59. The van der Waals surface area contributed by atoms with Crippen molar-refractivity contribution in [1.29, 1.82) is 0 Å². The fourth-order valence-corrected chi connectivity index (χ4v) is 1.76. The van der Waals surface area contributed by atoms with Crippen molar-refractivity contribution in [3.63, 3.8) is 0 Å². The summed E-state index contributed by atoms with van der Waals surface area (Å²) in [7, 11) is 0. The van der Waals surface area contributed by atoms with Gasteiger partial charge in [-0.15, -0.1) is 0 Å². The molecule has 1 aromatic heterocycles. The highest BCUT2D eigenvalue weighted by Gasteiger charge is 2.17. The molecule has 0 aliphatic carbocycles. The van der Waals surface area contributed by atoms with Crippen LogP contribution in [0.4, 0.5) is 8.78 Å². The van der Waals surface area contributed by atoms with Crippen LogP contribution >= 0.6 is 11.6 Å². The van der Waals surface area contributed by atoms with Crippen LogP contribution in [0.15, 0.2) is 36.5 Å². The first kappa shape index (κ1) is 12.6. The molecule has 0 saturated heterocycles. The molecule has 0 spiro atoms. The minimum Gasteiger partial charge on any atom is -0.292 e. The van der Waals surface area contributed by atoms with Crippen LogP contribution in [-0.4, -0.2) is 10.8 Å². The van der Waals surface area contributed by atoms with Gasteiger partial charge in [0.15, 0.2) is 5.78 Å². The highest BCUT2D eigenvalue weighted by Crippen LogP contribution is 2.18. The van der Waals surface area contributed by atoms with Crippen LogP contribution in [-0.2, 0) is 6.42 Å². The summed E-state index contributed by atoms with van der Waals surface area (Å²) in [5, 5.41) is 0.166. The molecule has 0 unspecified atom stereocenters. The second-order valence-corrected chi connectivity index (χ2v) is 4.04. The van der Waals surface area contributed by atoms with Gasteiger partial charge in [0.1, 0.15) is 17.3 Å². The molecule has 2 rings (SSSR count). The third kappa shape index (κ3) is 2.54. The first-order valence-corrected chi connectivity index (χ1v) is 5.54. The number of aromatic nitrogens is 1. The number of ketones is 1. The van der Waals surface area contributed by atoms with Crippen LogP contribution in [0, 0.1) is 11.6 Å². The van der Waals surface area contributed by atoms with E-state index in [0.717, 1.165) is 12.1 Å². The molecule has 0 atom stereocenters. The van der Waals surface area contributed by atoms with Crippen molar-refractivity contribution in [3.8, 4) is 0 Å². The Kier molecular flexibility index (Phi) is 3.67. The summed E-state index contributed by atoms with van der Waals surface area (Å²) in [6.07, 6.45) is 0.992. The Balaban J connectivity index is 2.30. The van der Waals surface area contributed by atoms with Crippen LogP contribution in [0.5, 0.6) is 0 Å². The molecule has 2 aromatic rings. The van der Waals surface area contributed by atoms with E-state index < -0.39 is 23.8 Å². The lowest BCUT2D eigenvalue weighted by atomic mass is 10.1. The number of hydrogen-bond acceptors (Lipinski definition) is 2. The molecule has 1 heterocycles. The van der Waals surface area contributed by atoms with E-state index in [0.29, 0.717) is 0 Å². The van der Waals surface area contributed by atoms with E-state index in [2.05, 4.69) is 4.98 Å². The van der Waals surface area contributed by atoms with Crippen molar-refractivity contribution in [1.82, 2.24) is 4.98 Å². The van der Waals surface area contributed by atoms with E-state index in [1.807, 2.05) is 0 Å². The summed E-state index contributed by atoms with van der Waals surface area (Å²) in [6.45, 7) is 0. The summed E-state index contributed by atoms with van der Waals surface area (Å²) in [5.41, 5.74) is -0.258. The highest BCUT2D eigenvalue weighted by atomic mass is 35.5. The third-order valence-electron chi connectivity index (χ3n) is 2.42. The van der Waals surface area contributed by atoms with Gasteiger partial charge in [0.25, 0.3) is 0 Å². The monoisotopic (exact) mass is 267 g/mol. The van der Waals surface area contributed by atoms with E-state index in [1.165, 1.54) is 18.3 Å². The quantitative estimate of drug-likeness (QED) is 0.798. The fourth-order valence-electron chi connectivity index (χ4n) is 1.54. The predicted octanol–water partition coefficient (Wildman–Crippen LogP) is 3.44. The molecule has 0 amide bonds. The Morgan fingerprint density at radius 1 is 1.17 bits per heavy atom. The predicted molar refractivity (Wildman–Crippen MR) is 63.6 cm³/mol. The molecule has 18 heavy (non-hydrogen) atoms. The number of hydrogen-bond donors (Lipinski definition) is 0. The normalized spacial score (nSPS) is 10.4. The average Bonchev–Trinajstić information content (AvgIpc) is 2.34. The first-order valence-electron chi connectivity index (χ1n) is 5.16. The molecule has 0 fully saturated rings. The second-order valence-electron chi connectivity index (χ2n) is 3.63. The molecule has 92 valence electrons. The average molecular weight is 268 g/mol. The van der Waals surface area contributed by atoms with Crippen LogP contribution in [0.1, 0.15) is 16.1 Å². The van der Waals surface area contributed by atoms with Gasteiger partial charge < -0.3 is 0 Å². The highest BCUT2D eigenvalue weighted by molar-refractivity contribution is 6.33. The largest absolute Gasteiger partial charge is 0.292 e. The maximum Gasteiger partial charge on any atom is 0.187 e. The van der Waals surface area contributed by atoms with Crippen molar-refractivity contribution in [2.24, 2.45) is 0 Å². The summed E-state index contributed by atoms with van der Waals surface area (Å²) in [6, 6.07) is 6.52. The number of carbonyl (C=O) groups is 1. The molecule has 0 saturated carbocycles. The van der Waals surface area contributed by atoms with Crippen LogP contribution in [0.3, 0.4) is 0 Å². The van der Waals surface area contributed by atoms with Crippen molar-refractivity contribution < 1.29 is 13.6 Å². The van der Waals surface area contributed by atoms with Gasteiger partial charge in [-0.05, 0) is 24.3 Å². The van der Waals surface area contributed by atoms with Gasteiger partial charge in [0.2, 0.25) is 0 Å². The number of nitrogens with zero attached hydrogens (tertiary/aromatic N) is 1. The summed E-state index contributed by atoms with van der Waals surface area (Å²) < 4.78 is 26.8. The Morgan fingerprint density at radius 3 is 2.44 bits per heavy atom. The molecule has 2 nitrogen and oxygen atoms in total. The van der Waals surface area contributed by atoms with Gasteiger partial charge in [-0.1, -0.05) is 17.7 Å². The van der Waals surface area contributed by atoms with Crippen molar-refractivity contribution in [2.45, 2.75) is 6.42 Å². The van der Waals surface area contributed by atoms with Gasteiger partial charge >= 0.3 is 0 Å². The van der Waals surface area contributed by atoms with Crippen molar-refractivity contribution in [2.75, 3.05) is 0 Å². The SMILES string of the molecule is O=C(Cc1c(F)cccc1F)c1ncccc1Cl. The Hall–Kier alpha value is -1.81. The van der Waals surface area contributed by atoms with Crippen molar-refractivity contribution >= 4 is 17.4 Å². The minimum absolute atomic E-state index is 0.0156. The third-order valence-corrected chi connectivity index (χ3v) is 2.73. The zero-order valence-corrected chi connectivity index (χ0v) is 9.92.